The topological polar surface area (TPSA) is 105 Å². The predicted molar refractivity (Wildman–Crippen MR) is 130 cm³/mol. The second-order valence-electron chi connectivity index (χ2n) is 9.90. The zero-order chi connectivity index (χ0) is 24.5. The summed E-state index contributed by atoms with van der Waals surface area (Å²) >= 11 is 11.8. The molecule has 8 nitrogen and oxygen atoms in total. The Morgan fingerprint density at radius 3 is 2.62 bits per heavy atom. The first-order chi connectivity index (χ1) is 16.0. The van der Waals surface area contributed by atoms with Crippen molar-refractivity contribution < 1.29 is 17.7 Å². The number of nitrogens with one attached hydrogen (secondary N) is 1. The Labute approximate surface area is 210 Å². The molecule has 0 bridgehead atoms. The maximum Gasteiger partial charge on any atom is 0.236 e. The minimum atomic E-state index is -3.75. The Morgan fingerprint density at radius 1 is 1.21 bits per heavy atom. The van der Waals surface area contributed by atoms with E-state index >= 15 is 0 Å². The SMILES string of the molecule is CC1(C)CC(N2CCCC2)CCC1NC(=O)Cc1nc(CS(=O)(=O)c2ccc(Cl)c(Cl)c2)no1. The Morgan fingerprint density at radius 2 is 1.94 bits per heavy atom. The summed E-state index contributed by atoms with van der Waals surface area (Å²) in [5, 5.41) is 7.28. The monoisotopic (exact) mass is 528 g/mol. The number of sulfone groups is 1. The van der Waals surface area contributed by atoms with Gasteiger partial charge in [-0.05, 0) is 68.8 Å². The lowest BCUT2D eigenvalue weighted by Crippen LogP contribution is -2.52. The summed E-state index contributed by atoms with van der Waals surface area (Å²) in [7, 11) is -3.75. The van der Waals surface area contributed by atoms with Crippen molar-refractivity contribution in [2.45, 2.75) is 75.1 Å². The van der Waals surface area contributed by atoms with Crippen LogP contribution in [0.2, 0.25) is 10.0 Å². The average molecular weight is 529 g/mol. The van der Waals surface area contributed by atoms with Gasteiger partial charge in [-0.3, -0.25) is 4.79 Å². The Balaban J connectivity index is 1.33. The second kappa shape index (κ2) is 10.1. The average Bonchev–Trinajstić information content (AvgIpc) is 3.43. The summed E-state index contributed by atoms with van der Waals surface area (Å²) < 4.78 is 30.4. The fourth-order valence-corrected chi connectivity index (χ4v) is 6.57. The highest BCUT2D eigenvalue weighted by molar-refractivity contribution is 7.90. The summed E-state index contributed by atoms with van der Waals surface area (Å²) in [6.07, 6.45) is 5.51. The van der Waals surface area contributed by atoms with Crippen molar-refractivity contribution in [3.63, 3.8) is 0 Å². The van der Waals surface area contributed by atoms with Crippen LogP contribution in [-0.4, -0.2) is 54.5 Å². The van der Waals surface area contributed by atoms with Gasteiger partial charge in [0.05, 0.1) is 14.9 Å². The van der Waals surface area contributed by atoms with E-state index in [4.69, 9.17) is 27.7 Å². The molecule has 1 aromatic carbocycles. The number of halogens is 2. The largest absolute Gasteiger partial charge is 0.352 e. The summed E-state index contributed by atoms with van der Waals surface area (Å²) in [5.41, 5.74) is -0.0187. The molecule has 2 unspecified atom stereocenters. The van der Waals surface area contributed by atoms with Gasteiger partial charge in [0.2, 0.25) is 11.8 Å². The van der Waals surface area contributed by atoms with Crippen molar-refractivity contribution in [3.8, 4) is 0 Å². The van der Waals surface area contributed by atoms with Crippen molar-refractivity contribution in [1.82, 2.24) is 20.4 Å². The fourth-order valence-electron chi connectivity index (χ4n) is 5.01. The molecular formula is C23H30Cl2N4O4S. The molecule has 1 saturated carbocycles. The van der Waals surface area contributed by atoms with Gasteiger partial charge in [0, 0.05) is 12.1 Å². The maximum atomic E-state index is 12.7. The second-order valence-corrected chi connectivity index (χ2v) is 12.7. The summed E-state index contributed by atoms with van der Waals surface area (Å²) in [6.45, 7) is 6.77. The highest BCUT2D eigenvalue weighted by Crippen LogP contribution is 2.38. The lowest BCUT2D eigenvalue weighted by atomic mass is 9.70. The zero-order valence-corrected chi connectivity index (χ0v) is 21.7. The minimum Gasteiger partial charge on any atom is -0.352 e. The number of benzene rings is 1. The zero-order valence-electron chi connectivity index (χ0n) is 19.4. The summed E-state index contributed by atoms with van der Waals surface area (Å²) in [5.74, 6) is -0.607. The van der Waals surface area contributed by atoms with Crippen LogP contribution in [0.4, 0.5) is 0 Å². The van der Waals surface area contributed by atoms with Crippen LogP contribution in [0.5, 0.6) is 0 Å². The van der Waals surface area contributed by atoms with Crippen LogP contribution in [0.3, 0.4) is 0 Å². The molecule has 11 heteroatoms. The molecule has 186 valence electrons. The molecular weight excluding hydrogens is 499 g/mol. The van der Waals surface area contributed by atoms with Crippen LogP contribution >= 0.6 is 23.2 Å². The normalized spacial score (nSPS) is 23.2. The van der Waals surface area contributed by atoms with Crippen molar-refractivity contribution in [2.24, 2.45) is 5.41 Å². The fraction of sp³-hybridized carbons (Fsp3) is 0.609. The van der Waals surface area contributed by atoms with Crippen molar-refractivity contribution >= 4 is 38.9 Å². The van der Waals surface area contributed by atoms with Crippen LogP contribution in [0.15, 0.2) is 27.6 Å². The third-order valence-electron chi connectivity index (χ3n) is 6.88. The lowest BCUT2D eigenvalue weighted by molar-refractivity contribution is -0.123. The molecule has 2 atom stereocenters. The van der Waals surface area contributed by atoms with E-state index in [1.807, 2.05) is 0 Å². The highest BCUT2D eigenvalue weighted by atomic mass is 35.5. The van der Waals surface area contributed by atoms with Crippen molar-refractivity contribution in [2.75, 3.05) is 13.1 Å². The number of nitrogens with zero attached hydrogens (tertiary/aromatic N) is 3. The number of carbonyl (C=O) groups is 1. The molecule has 1 aliphatic heterocycles. The molecule has 2 heterocycles. The molecule has 2 fully saturated rings. The summed E-state index contributed by atoms with van der Waals surface area (Å²) in [6, 6.07) is 4.73. The molecule has 1 N–H and O–H groups in total. The third kappa shape index (κ3) is 5.93. The van der Waals surface area contributed by atoms with Crippen molar-refractivity contribution in [3.05, 3.63) is 40.0 Å². The first-order valence-corrected chi connectivity index (χ1v) is 14.0. The highest BCUT2D eigenvalue weighted by Gasteiger charge is 2.40. The molecule has 1 aromatic heterocycles. The lowest BCUT2D eigenvalue weighted by Gasteiger charge is -2.45. The molecule has 0 radical (unpaired) electrons. The molecule has 1 amide bonds. The Bertz CT molecular complexity index is 1150. The molecule has 0 spiro atoms. The van der Waals surface area contributed by atoms with Gasteiger partial charge in [-0.1, -0.05) is 42.2 Å². The molecule has 2 aromatic rings. The van der Waals surface area contributed by atoms with E-state index in [1.165, 1.54) is 44.1 Å². The number of amides is 1. The maximum absolute atomic E-state index is 12.7. The number of likely N-dealkylation sites (tertiary alicyclic amines) is 1. The number of carbonyl (C=O) groups excluding carboxylic acids is 1. The van der Waals surface area contributed by atoms with Gasteiger partial charge in [-0.15, -0.1) is 0 Å². The number of hydrogen-bond acceptors (Lipinski definition) is 7. The number of hydrogen-bond donors (Lipinski definition) is 1. The van der Waals surface area contributed by atoms with E-state index in [0.29, 0.717) is 6.04 Å². The van der Waals surface area contributed by atoms with E-state index < -0.39 is 15.6 Å². The standard InChI is InChI=1S/C23H30Cl2N4O4S/c1-23(2)13-15(29-9-3-4-10-29)5-8-19(23)26-21(30)12-22-27-20(28-33-22)14-34(31,32)16-6-7-17(24)18(25)11-16/h6-7,11,15,19H,3-5,8-10,12-14H2,1-2H3,(H,26,30). The predicted octanol–water partition coefficient (Wildman–Crippen LogP) is 4.05. The molecule has 4 rings (SSSR count). The first kappa shape index (κ1) is 25.4. The molecule has 2 aliphatic rings. The van der Waals surface area contributed by atoms with Gasteiger partial charge in [0.25, 0.3) is 0 Å². The molecule has 1 aliphatic carbocycles. The van der Waals surface area contributed by atoms with Gasteiger partial charge in [-0.2, -0.15) is 4.98 Å². The molecule has 1 saturated heterocycles. The van der Waals surface area contributed by atoms with Crippen LogP contribution < -0.4 is 5.32 Å². The Kier molecular flexibility index (Phi) is 7.57. The van der Waals surface area contributed by atoms with Crippen LogP contribution in [0.1, 0.15) is 57.7 Å². The van der Waals surface area contributed by atoms with Crippen LogP contribution in [-0.2, 0) is 26.8 Å². The van der Waals surface area contributed by atoms with Gasteiger partial charge in [-0.25, -0.2) is 8.42 Å². The smallest absolute Gasteiger partial charge is 0.236 e. The summed E-state index contributed by atoms with van der Waals surface area (Å²) in [4.78, 5) is 19.4. The Hall–Kier alpha value is -1.68. The van der Waals surface area contributed by atoms with Gasteiger partial charge >= 0.3 is 0 Å². The van der Waals surface area contributed by atoms with Gasteiger partial charge in [0.15, 0.2) is 15.7 Å². The van der Waals surface area contributed by atoms with Crippen molar-refractivity contribution in [1.29, 1.82) is 0 Å². The van der Waals surface area contributed by atoms with E-state index in [1.54, 1.807) is 0 Å². The van der Waals surface area contributed by atoms with Crippen LogP contribution in [0, 0.1) is 5.41 Å². The van der Waals surface area contributed by atoms with E-state index in [0.717, 1.165) is 19.3 Å². The molecule has 34 heavy (non-hydrogen) atoms. The number of rotatable bonds is 7. The minimum absolute atomic E-state index is 0.0118. The van der Waals surface area contributed by atoms with E-state index in [2.05, 4.69) is 34.2 Å². The van der Waals surface area contributed by atoms with Crippen LogP contribution in [0.25, 0.3) is 0 Å². The van der Waals surface area contributed by atoms with E-state index in [-0.39, 0.29) is 50.4 Å². The van der Waals surface area contributed by atoms with E-state index in [9.17, 15) is 13.2 Å². The quantitative estimate of drug-likeness (QED) is 0.577. The van der Waals surface area contributed by atoms with Gasteiger partial charge in [0.1, 0.15) is 12.2 Å². The first-order valence-electron chi connectivity index (χ1n) is 11.6. The third-order valence-corrected chi connectivity index (χ3v) is 9.23. The van der Waals surface area contributed by atoms with Gasteiger partial charge < -0.3 is 14.7 Å². The number of aromatic nitrogens is 2.